The number of aliphatic imine (C=N–C) groups is 1. The van der Waals surface area contributed by atoms with E-state index in [0.717, 1.165) is 19.3 Å². The van der Waals surface area contributed by atoms with E-state index in [9.17, 15) is 0 Å². The molecule has 1 rings (SSSR count). The van der Waals surface area contributed by atoms with E-state index < -0.39 is 0 Å². The van der Waals surface area contributed by atoms with Gasteiger partial charge in [-0.2, -0.15) is 0 Å². The number of hydrogen-bond acceptors (Lipinski definition) is 1. The average molecular weight is 189 g/mol. The zero-order chi connectivity index (χ0) is 10.2. The lowest BCUT2D eigenvalue weighted by Gasteiger charge is -2.12. The topological polar surface area (TPSA) is 12.4 Å². The van der Waals surface area contributed by atoms with Gasteiger partial charge in [-0.15, -0.1) is 0 Å². The molecule has 0 aromatic rings. The van der Waals surface area contributed by atoms with Crippen LogP contribution in [0.5, 0.6) is 0 Å². The third kappa shape index (κ3) is 3.73. The second-order valence-electron chi connectivity index (χ2n) is 3.52. The first-order valence-electron chi connectivity index (χ1n) is 5.38. The van der Waals surface area contributed by atoms with Crippen LogP contribution < -0.4 is 0 Å². The summed E-state index contributed by atoms with van der Waals surface area (Å²) in [4.78, 5) is 4.47. The van der Waals surface area contributed by atoms with Gasteiger partial charge in [-0.25, -0.2) is 0 Å². The summed E-state index contributed by atoms with van der Waals surface area (Å²) in [6, 6.07) is 0.335. The smallest absolute Gasteiger partial charge is 0.0684 e. The molecule has 1 aliphatic rings. The van der Waals surface area contributed by atoms with Crippen LogP contribution >= 0.6 is 0 Å². The number of rotatable bonds is 4. The van der Waals surface area contributed by atoms with Crippen molar-refractivity contribution in [3.05, 3.63) is 36.0 Å². The molecule has 1 nitrogen and oxygen atoms in total. The van der Waals surface area contributed by atoms with Crippen molar-refractivity contribution in [3.8, 4) is 0 Å². The van der Waals surface area contributed by atoms with Crippen LogP contribution in [0.4, 0.5) is 0 Å². The Labute approximate surface area is 86.9 Å². The van der Waals surface area contributed by atoms with Gasteiger partial charge in [-0.1, -0.05) is 31.2 Å². The van der Waals surface area contributed by atoms with E-state index in [-0.39, 0.29) is 0 Å². The third-order valence-corrected chi connectivity index (χ3v) is 2.35. The molecule has 0 saturated carbocycles. The predicted octanol–water partition coefficient (Wildman–Crippen LogP) is 3.69. The molecule has 0 bridgehead atoms. The normalized spacial score (nSPS) is 19.1. The van der Waals surface area contributed by atoms with Gasteiger partial charge in [0.25, 0.3) is 0 Å². The lowest BCUT2D eigenvalue weighted by molar-refractivity contribution is 0.786. The van der Waals surface area contributed by atoms with Crippen LogP contribution in [0.15, 0.2) is 40.9 Å². The molecule has 0 heterocycles. The second-order valence-corrected chi connectivity index (χ2v) is 3.52. The van der Waals surface area contributed by atoms with Crippen molar-refractivity contribution in [1.82, 2.24) is 0 Å². The lowest BCUT2D eigenvalue weighted by atomic mass is 9.99. The summed E-state index contributed by atoms with van der Waals surface area (Å²) in [5.41, 5.74) is 1.44. The number of hydrogen-bond donors (Lipinski definition) is 0. The molecule has 1 heteroatoms. The Kier molecular flexibility index (Phi) is 4.98. The van der Waals surface area contributed by atoms with E-state index >= 15 is 0 Å². The maximum Gasteiger partial charge on any atom is 0.0684 e. The van der Waals surface area contributed by atoms with Crippen LogP contribution in [0, 0.1) is 0 Å². The van der Waals surface area contributed by atoms with Gasteiger partial charge < -0.3 is 0 Å². The molecule has 0 aliphatic heterocycles. The molecule has 0 N–H and O–H groups in total. The van der Waals surface area contributed by atoms with E-state index in [2.05, 4.69) is 43.1 Å². The van der Waals surface area contributed by atoms with Crippen molar-refractivity contribution in [2.24, 2.45) is 4.99 Å². The van der Waals surface area contributed by atoms with Crippen LogP contribution in [0.25, 0.3) is 0 Å². The Hall–Kier alpha value is -1.11. The zero-order valence-electron chi connectivity index (χ0n) is 9.11. The highest BCUT2D eigenvalue weighted by Crippen LogP contribution is 2.17. The predicted molar refractivity (Wildman–Crippen MR) is 63.8 cm³/mol. The highest BCUT2D eigenvalue weighted by atomic mass is 14.8. The molecule has 0 amide bonds. The van der Waals surface area contributed by atoms with Crippen molar-refractivity contribution >= 4 is 6.21 Å². The highest BCUT2D eigenvalue weighted by molar-refractivity contribution is 5.71. The van der Waals surface area contributed by atoms with Gasteiger partial charge in [0.15, 0.2) is 0 Å². The van der Waals surface area contributed by atoms with Crippen molar-refractivity contribution in [2.45, 2.75) is 39.2 Å². The Balaban J connectivity index is 2.44. The van der Waals surface area contributed by atoms with Crippen molar-refractivity contribution in [2.75, 3.05) is 0 Å². The molecule has 0 saturated heterocycles. The fourth-order valence-electron chi connectivity index (χ4n) is 1.44. The highest BCUT2D eigenvalue weighted by Gasteiger charge is 2.06. The third-order valence-electron chi connectivity index (χ3n) is 2.35. The standard InChI is InChI=1S/C13H19N/c1-3-4-8-11-14-12(2)13-9-6-5-7-10-13/h4-6,8-9,11-12H,3,7,10H2,1-2H3/b8-4-,14-11?. The molecule has 0 aromatic heterocycles. The fraction of sp³-hybridized carbons (Fsp3) is 0.462. The Morgan fingerprint density at radius 2 is 2.43 bits per heavy atom. The van der Waals surface area contributed by atoms with Crippen LogP contribution in [0.1, 0.15) is 33.1 Å². The molecule has 1 unspecified atom stereocenters. The SMILES string of the molecule is CC/C=C\C=NC(C)C1=CC=CCC1. The second kappa shape index (κ2) is 6.36. The molecular formula is C13H19N. The van der Waals surface area contributed by atoms with Gasteiger partial charge in [0.05, 0.1) is 6.04 Å². The first-order valence-corrected chi connectivity index (χ1v) is 5.38. The van der Waals surface area contributed by atoms with Crippen molar-refractivity contribution in [3.63, 3.8) is 0 Å². The summed E-state index contributed by atoms with van der Waals surface area (Å²) in [7, 11) is 0. The quantitative estimate of drug-likeness (QED) is 0.598. The molecule has 0 radical (unpaired) electrons. The van der Waals surface area contributed by atoms with Gasteiger partial charge in [0, 0.05) is 6.21 Å². The van der Waals surface area contributed by atoms with E-state index in [1.807, 2.05) is 12.3 Å². The molecule has 0 spiro atoms. The molecule has 1 aliphatic carbocycles. The molecular weight excluding hydrogens is 170 g/mol. The van der Waals surface area contributed by atoms with E-state index in [0.29, 0.717) is 6.04 Å². The van der Waals surface area contributed by atoms with Gasteiger partial charge >= 0.3 is 0 Å². The first-order chi connectivity index (χ1) is 6.84. The number of allylic oxidation sites excluding steroid dienone is 5. The monoisotopic (exact) mass is 189 g/mol. The summed E-state index contributed by atoms with van der Waals surface area (Å²) < 4.78 is 0. The Morgan fingerprint density at radius 3 is 3.07 bits per heavy atom. The molecule has 0 aromatic carbocycles. The summed E-state index contributed by atoms with van der Waals surface area (Å²) >= 11 is 0. The fourth-order valence-corrected chi connectivity index (χ4v) is 1.44. The summed E-state index contributed by atoms with van der Waals surface area (Å²) in [6.45, 7) is 4.28. The van der Waals surface area contributed by atoms with Crippen LogP contribution in [-0.2, 0) is 0 Å². The maximum atomic E-state index is 4.47. The molecule has 76 valence electrons. The minimum atomic E-state index is 0.335. The van der Waals surface area contributed by atoms with E-state index in [4.69, 9.17) is 0 Å². The Morgan fingerprint density at radius 1 is 1.57 bits per heavy atom. The lowest BCUT2D eigenvalue weighted by Crippen LogP contribution is -2.04. The van der Waals surface area contributed by atoms with Crippen LogP contribution in [0.2, 0.25) is 0 Å². The van der Waals surface area contributed by atoms with E-state index in [1.165, 1.54) is 5.57 Å². The minimum absolute atomic E-state index is 0.335. The largest absolute Gasteiger partial charge is 0.286 e. The Bertz CT molecular complexity index is 269. The minimum Gasteiger partial charge on any atom is -0.286 e. The average Bonchev–Trinajstić information content (AvgIpc) is 2.25. The maximum absolute atomic E-state index is 4.47. The molecule has 0 fully saturated rings. The van der Waals surface area contributed by atoms with Gasteiger partial charge in [-0.3, -0.25) is 4.99 Å². The van der Waals surface area contributed by atoms with Crippen LogP contribution in [-0.4, -0.2) is 12.3 Å². The summed E-state index contributed by atoms with van der Waals surface area (Å²) in [5.74, 6) is 0. The summed E-state index contributed by atoms with van der Waals surface area (Å²) in [5, 5.41) is 0. The van der Waals surface area contributed by atoms with E-state index in [1.54, 1.807) is 0 Å². The first kappa shape index (κ1) is 11.0. The molecule has 14 heavy (non-hydrogen) atoms. The van der Waals surface area contributed by atoms with Gasteiger partial charge in [-0.05, 0) is 37.8 Å². The van der Waals surface area contributed by atoms with Gasteiger partial charge in [0.2, 0.25) is 0 Å². The number of nitrogens with zero attached hydrogens (tertiary/aromatic N) is 1. The zero-order valence-corrected chi connectivity index (χ0v) is 9.11. The van der Waals surface area contributed by atoms with Crippen LogP contribution in [0.3, 0.4) is 0 Å². The summed E-state index contributed by atoms with van der Waals surface area (Å²) in [6.07, 6.45) is 16.0. The van der Waals surface area contributed by atoms with Gasteiger partial charge in [0.1, 0.15) is 0 Å². The van der Waals surface area contributed by atoms with Crippen molar-refractivity contribution < 1.29 is 0 Å². The van der Waals surface area contributed by atoms with Crippen molar-refractivity contribution in [1.29, 1.82) is 0 Å². The molecule has 1 atom stereocenters.